The maximum atomic E-state index is 12.2. The number of amides is 1. The summed E-state index contributed by atoms with van der Waals surface area (Å²) in [7, 11) is 1.49. The molecule has 0 saturated heterocycles. The largest absolute Gasteiger partial charge is 0.495 e. The lowest BCUT2D eigenvalue weighted by atomic mass is 10.1. The van der Waals surface area contributed by atoms with Gasteiger partial charge in [-0.15, -0.1) is 0 Å². The van der Waals surface area contributed by atoms with E-state index >= 15 is 0 Å². The maximum Gasteiger partial charge on any atom is 0.338 e. The highest BCUT2D eigenvalue weighted by Gasteiger charge is 2.20. The molecular weight excluding hydrogens is 330 g/mol. The molecule has 0 unspecified atom stereocenters. The van der Waals surface area contributed by atoms with Crippen molar-refractivity contribution in [3.63, 3.8) is 0 Å². The number of benzene rings is 2. The van der Waals surface area contributed by atoms with Crippen LogP contribution in [-0.2, 0) is 9.53 Å². The number of ether oxygens (including phenoxy) is 2. The van der Waals surface area contributed by atoms with E-state index in [9.17, 15) is 9.59 Å². The molecule has 0 heterocycles. The molecule has 1 N–H and O–H groups in total. The molecule has 0 spiro atoms. The highest BCUT2D eigenvalue weighted by Crippen LogP contribution is 2.27. The lowest BCUT2D eigenvalue weighted by molar-refractivity contribution is -0.123. The summed E-state index contributed by atoms with van der Waals surface area (Å²) in [6, 6.07) is 11.8. The summed E-state index contributed by atoms with van der Waals surface area (Å²) >= 11 is 5.92. The zero-order valence-corrected chi connectivity index (χ0v) is 14.4. The Balaban J connectivity index is 2.05. The fourth-order valence-corrected chi connectivity index (χ4v) is 2.24. The summed E-state index contributed by atoms with van der Waals surface area (Å²) in [6.45, 7) is 3.37. The van der Waals surface area contributed by atoms with Crippen molar-refractivity contribution in [2.45, 2.75) is 20.0 Å². The molecule has 2 rings (SSSR count). The number of nitrogens with one attached hydrogen (secondary N) is 1. The Labute approximate surface area is 145 Å². The van der Waals surface area contributed by atoms with Gasteiger partial charge in [0.1, 0.15) is 5.75 Å². The van der Waals surface area contributed by atoms with E-state index in [4.69, 9.17) is 21.1 Å². The number of halogens is 1. The molecule has 0 bridgehead atoms. The summed E-state index contributed by atoms with van der Waals surface area (Å²) in [4.78, 5) is 24.3. The van der Waals surface area contributed by atoms with Crippen molar-refractivity contribution in [1.29, 1.82) is 0 Å². The van der Waals surface area contributed by atoms with Gasteiger partial charge in [-0.1, -0.05) is 29.3 Å². The number of rotatable bonds is 5. The van der Waals surface area contributed by atoms with Gasteiger partial charge in [-0.3, -0.25) is 4.79 Å². The molecule has 126 valence electrons. The number of esters is 1. The Morgan fingerprint density at radius 3 is 2.58 bits per heavy atom. The molecule has 0 fully saturated rings. The zero-order chi connectivity index (χ0) is 17.7. The lowest BCUT2D eigenvalue weighted by Gasteiger charge is -2.15. The molecule has 0 aliphatic carbocycles. The van der Waals surface area contributed by atoms with Crippen molar-refractivity contribution in [3.8, 4) is 5.75 Å². The van der Waals surface area contributed by atoms with E-state index in [2.05, 4.69) is 5.32 Å². The second kappa shape index (κ2) is 7.84. The fraction of sp³-hybridized carbons (Fsp3) is 0.222. The normalized spacial score (nSPS) is 11.5. The van der Waals surface area contributed by atoms with E-state index < -0.39 is 18.0 Å². The van der Waals surface area contributed by atoms with E-state index in [1.54, 1.807) is 36.4 Å². The van der Waals surface area contributed by atoms with E-state index in [0.717, 1.165) is 5.56 Å². The smallest absolute Gasteiger partial charge is 0.338 e. The van der Waals surface area contributed by atoms with Crippen LogP contribution >= 0.6 is 11.6 Å². The number of aryl methyl sites for hydroxylation is 1. The van der Waals surface area contributed by atoms with Gasteiger partial charge in [0.25, 0.3) is 5.91 Å². The third-order valence-corrected chi connectivity index (χ3v) is 3.56. The minimum atomic E-state index is -0.971. The van der Waals surface area contributed by atoms with Crippen LogP contribution in [0.25, 0.3) is 0 Å². The summed E-state index contributed by atoms with van der Waals surface area (Å²) in [5.74, 6) is -0.569. The van der Waals surface area contributed by atoms with E-state index in [1.807, 2.05) is 13.0 Å². The average molecular weight is 348 g/mol. The summed E-state index contributed by atoms with van der Waals surface area (Å²) in [5, 5.41) is 3.10. The van der Waals surface area contributed by atoms with Crippen LogP contribution in [0.2, 0.25) is 5.02 Å². The van der Waals surface area contributed by atoms with Crippen LogP contribution < -0.4 is 10.1 Å². The van der Waals surface area contributed by atoms with Crippen molar-refractivity contribution in [1.82, 2.24) is 0 Å². The Morgan fingerprint density at radius 2 is 1.92 bits per heavy atom. The van der Waals surface area contributed by atoms with Crippen molar-refractivity contribution in [3.05, 3.63) is 58.6 Å². The van der Waals surface area contributed by atoms with E-state index in [0.29, 0.717) is 22.0 Å². The second-order valence-corrected chi connectivity index (χ2v) is 5.69. The van der Waals surface area contributed by atoms with E-state index in [1.165, 1.54) is 14.0 Å². The predicted molar refractivity (Wildman–Crippen MR) is 92.7 cm³/mol. The van der Waals surface area contributed by atoms with Gasteiger partial charge >= 0.3 is 5.97 Å². The molecule has 0 aliphatic heterocycles. The molecule has 1 atom stereocenters. The van der Waals surface area contributed by atoms with Crippen LogP contribution in [0.3, 0.4) is 0 Å². The predicted octanol–water partition coefficient (Wildman–Crippen LogP) is 3.84. The molecule has 2 aromatic carbocycles. The number of hydrogen-bond acceptors (Lipinski definition) is 4. The van der Waals surface area contributed by atoms with Gasteiger partial charge < -0.3 is 14.8 Å². The summed E-state index contributed by atoms with van der Waals surface area (Å²) < 4.78 is 10.4. The Morgan fingerprint density at radius 1 is 1.17 bits per heavy atom. The molecule has 1 amide bonds. The first-order chi connectivity index (χ1) is 11.4. The molecule has 0 aromatic heterocycles. The molecule has 0 aliphatic rings. The minimum Gasteiger partial charge on any atom is -0.495 e. The van der Waals surface area contributed by atoms with Crippen LogP contribution in [0.1, 0.15) is 22.8 Å². The van der Waals surface area contributed by atoms with Crippen LogP contribution in [0, 0.1) is 6.92 Å². The molecule has 24 heavy (non-hydrogen) atoms. The van der Waals surface area contributed by atoms with Crippen molar-refractivity contribution >= 4 is 29.2 Å². The first kappa shape index (κ1) is 17.8. The first-order valence-corrected chi connectivity index (χ1v) is 7.70. The highest BCUT2D eigenvalue weighted by atomic mass is 35.5. The van der Waals surface area contributed by atoms with Crippen LogP contribution in [-0.4, -0.2) is 25.1 Å². The van der Waals surface area contributed by atoms with Gasteiger partial charge in [0.2, 0.25) is 0 Å². The van der Waals surface area contributed by atoms with Crippen molar-refractivity contribution < 1.29 is 19.1 Å². The topological polar surface area (TPSA) is 64.6 Å². The van der Waals surface area contributed by atoms with Crippen molar-refractivity contribution in [2.24, 2.45) is 0 Å². The molecule has 0 saturated carbocycles. The number of anilines is 1. The van der Waals surface area contributed by atoms with Crippen LogP contribution in [0.4, 0.5) is 5.69 Å². The second-order valence-electron chi connectivity index (χ2n) is 5.25. The maximum absolute atomic E-state index is 12.2. The highest BCUT2D eigenvalue weighted by molar-refractivity contribution is 6.31. The Kier molecular flexibility index (Phi) is 5.82. The SMILES string of the molecule is COc1ccc(Cl)cc1NC(=O)[C@@H](C)OC(=O)c1cccc(C)c1. The standard InChI is InChI=1S/C18H18ClNO4/c1-11-5-4-6-13(9-11)18(22)24-12(2)17(21)20-15-10-14(19)7-8-16(15)23-3/h4-10,12H,1-3H3,(H,20,21)/t12-/m1/s1. The lowest BCUT2D eigenvalue weighted by Crippen LogP contribution is -2.30. The number of hydrogen-bond donors (Lipinski definition) is 1. The van der Waals surface area contributed by atoms with Crippen LogP contribution in [0.15, 0.2) is 42.5 Å². The minimum absolute atomic E-state index is 0.398. The molecule has 6 heteroatoms. The third-order valence-electron chi connectivity index (χ3n) is 3.33. The fourth-order valence-electron chi connectivity index (χ4n) is 2.07. The zero-order valence-electron chi connectivity index (χ0n) is 13.6. The van der Waals surface area contributed by atoms with Gasteiger partial charge in [-0.25, -0.2) is 4.79 Å². The molecule has 0 radical (unpaired) electrons. The molecule has 2 aromatic rings. The Hall–Kier alpha value is -2.53. The third kappa shape index (κ3) is 4.49. The summed E-state index contributed by atoms with van der Waals surface area (Å²) in [5.41, 5.74) is 1.74. The number of carbonyl (C=O) groups excluding carboxylic acids is 2. The van der Waals surface area contributed by atoms with Gasteiger partial charge in [0.05, 0.1) is 18.4 Å². The molecule has 5 nitrogen and oxygen atoms in total. The van der Waals surface area contributed by atoms with E-state index in [-0.39, 0.29) is 0 Å². The molecular formula is C18H18ClNO4. The van der Waals surface area contributed by atoms with Gasteiger partial charge in [-0.05, 0) is 44.2 Å². The van der Waals surface area contributed by atoms with Gasteiger partial charge in [0, 0.05) is 5.02 Å². The van der Waals surface area contributed by atoms with Gasteiger partial charge in [0.15, 0.2) is 6.10 Å². The first-order valence-electron chi connectivity index (χ1n) is 7.32. The van der Waals surface area contributed by atoms with Crippen molar-refractivity contribution in [2.75, 3.05) is 12.4 Å². The number of carbonyl (C=O) groups is 2. The van der Waals surface area contributed by atoms with Gasteiger partial charge in [-0.2, -0.15) is 0 Å². The van der Waals surface area contributed by atoms with Crippen LogP contribution in [0.5, 0.6) is 5.75 Å². The quantitative estimate of drug-likeness (QED) is 0.834. The summed E-state index contributed by atoms with van der Waals surface area (Å²) in [6.07, 6.45) is -0.971. The Bertz CT molecular complexity index is 760. The monoisotopic (exact) mass is 347 g/mol. The number of methoxy groups -OCH3 is 1. The average Bonchev–Trinajstić information content (AvgIpc) is 2.55.